The third kappa shape index (κ3) is 3.81. The van der Waals surface area contributed by atoms with Crippen molar-refractivity contribution in [3.63, 3.8) is 0 Å². The average molecular weight is 324 g/mol. The molecule has 1 aliphatic carbocycles. The molecule has 3 rings (SSSR count). The average Bonchev–Trinajstić information content (AvgIpc) is 3.14. The van der Waals surface area contributed by atoms with Gasteiger partial charge in [-0.1, -0.05) is 37.9 Å². The van der Waals surface area contributed by atoms with Gasteiger partial charge in [-0.2, -0.15) is 0 Å². The van der Waals surface area contributed by atoms with Gasteiger partial charge < -0.3 is 10.1 Å². The minimum absolute atomic E-state index is 0.0364. The van der Waals surface area contributed by atoms with Gasteiger partial charge in [-0.05, 0) is 19.3 Å². The molecule has 0 aromatic carbocycles. The Balaban J connectivity index is 1.42. The number of aromatic nitrogens is 3. The SMILES string of the molecule is CCc1nc(SCC(=O)N[C@@H]2COC3(CCCCC3)C2)n[nH]1. The fourth-order valence-corrected chi connectivity index (χ4v) is 4.01. The molecule has 0 radical (unpaired) electrons. The molecule has 2 heterocycles. The number of nitrogens with zero attached hydrogens (tertiary/aromatic N) is 2. The number of hydrogen-bond donors (Lipinski definition) is 2. The van der Waals surface area contributed by atoms with E-state index in [1.54, 1.807) is 0 Å². The third-order valence-electron chi connectivity index (χ3n) is 4.52. The van der Waals surface area contributed by atoms with Crippen LogP contribution >= 0.6 is 11.8 Å². The maximum Gasteiger partial charge on any atom is 0.230 e. The van der Waals surface area contributed by atoms with E-state index < -0.39 is 0 Å². The first kappa shape index (κ1) is 15.8. The highest BCUT2D eigenvalue weighted by atomic mass is 32.2. The van der Waals surface area contributed by atoms with Crippen LogP contribution in [0.15, 0.2) is 5.16 Å². The Morgan fingerprint density at radius 1 is 1.45 bits per heavy atom. The van der Waals surface area contributed by atoms with E-state index in [2.05, 4.69) is 20.5 Å². The standard InChI is InChI=1S/C15H24N4O2S/c1-2-12-17-14(19-18-12)22-10-13(20)16-11-8-15(21-9-11)6-4-3-5-7-15/h11H,2-10H2,1H3,(H,16,20)(H,17,18,19)/t11-/m0/s1. The summed E-state index contributed by atoms with van der Waals surface area (Å²) in [7, 11) is 0. The predicted molar refractivity (Wildman–Crippen MR) is 84.8 cm³/mol. The van der Waals surface area contributed by atoms with E-state index in [0.29, 0.717) is 17.5 Å². The Bertz CT molecular complexity index is 513. The van der Waals surface area contributed by atoms with Crippen molar-refractivity contribution in [3.8, 4) is 0 Å². The molecule has 0 unspecified atom stereocenters. The molecule has 2 fully saturated rings. The van der Waals surface area contributed by atoms with Crippen LogP contribution in [0.3, 0.4) is 0 Å². The molecular formula is C15H24N4O2S. The van der Waals surface area contributed by atoms with Crippen LogP contribution < -0.4 is 5.32 Å². The van der Waals surface area contributed by atoms with Crippen molar-refractivity contribution in [2.24, 2.45) is 0 Å². The highest BCUT2D eigenvalue weighted by molar-refractivity contribution is 7.99. The zero-order chi connectivity index (χ0) is 15.4. The smallest absolute Gasteiger partial charge is 0.230 e. The maximum absolute atomic E-state index is 12.1. The van der Waals surface area contributed by atoms with Gasteiger partial charge in [0, 0.05) is 6.42 Å². The quantitative estimate of drug-likeness (QED) is 0.811. The molecule has 1 aliphatic heterocycles. The number of aromatic amines is 1. The number of rotatable bonds is 5. The fraction of sp³-hybridized carbons (Fsp3) is 0.800. The number of nitrogens with one attached hydrogen (secondary N) is 2. The number of hydrogen-bond acceptors (Lipinski definition) is 5. The fourth-order valence-electron chi connectivity index (χ4n) is 3.38. The topological polar surface area (TPSA) is 79.9 Å². The monoisotopic (exact) mass is 324 g/mol. The normalized spacial score (nSPS) is 23.8. The van der Waals surface area contributed by atoms with Crippen LogP contribution in [0.5, 0.6) is 0 Å². The molecule has 1 saturated heterocycles. The molecule has 7 heteroatoms. The number of ether oxygens (including phenoxy) is 1. The molecule has 2 aliphatic rings. The molecule has 22 heavy (non-hydrogen) atoms. The summed E-state index contributed by atoms with van der Waals surface area (Å²) in [5, 5.41) is 10.7. The summed E-state index contributed by atoms with van der Waals surface area (Å²) < 4.78 is 6.02. The summed E-state index contributed by atoms with van der Waals surface area (Å²) in [5.74, 6) is 1.24. The van der Waals surface area contributed by atoms with Crippen molar-refractivity contribution < 1.29 is 9.53 Å². The maximum atomic E-state index is 12.1. The zero-order valence-electron chi connectivity index (χ0n) is 13.1. The van der Waals surface area contributed by atoms with Crippen molar-refractivity contribution in [3.05, 3.63) is 5.82 Å². The van der Waals surface area contributed by atoms with Gasteiger partial charge in [0.1, 0.15) is 5.82 Å². The van der Waals surface area contributed by atoms with Crippen LogP contribution in [0, 0.1) is 0 Å². The van der Waals surface area contributed by atoms with E-state index in [1.165, 1.54) is 31.0 Å². The lowest BCUT2D eigenvalue weighted by Gasteiger charge is -2.32. The first-order valence-electron chi connectivity index (χ1n) is 8.16. The molecule has 2 N–H and O–H groups in total. The van der Waals surface area contributed by atoms with Crippen LogP contribution in [-0.4, -0.2) is 45.1 Å². The number of aryl methyl sites for hydroxylation is 1. The van der Waals surface area contributed by atoms with Crippen LogP contribution in [-0.2, 0) is 16.0 Å². The third-order valence-corrected chi connectivity index (χ3v) is 5.36. The molecule has 0 bridgehead atoms. The summed E-state index contributed by atoms with van der Waals surface area (Å²) in [4.78, 5) is 16.4. The van der Waals surface area contributed by atoms with Gasteiger partial charge in [-0.15, -0.1) is 5.10 Å². The highest BCUT2D eigenvalue weighted by Gasteiger charge is 2.41. The van der Waals surface area contributed by atoms with Gasteiger partial charge >= 0.3 is 0 Å². The Labute approximate surface area is 135 Å². The van der Waals surface area contributed by atoms with E-state index in [0.717, 1.165) is 31.5 Å². The van der Waals surface area contributed by atoms with Gasteiger partial charge in [0.25, 0.3) is 0 Å². The van der Waals surface area contributed by atoms with Crippen LogP contribution in [0.25, 0.3) is 0 Å². The molecule has 6 nitrogen and oxygen atoms in total. The Morgan fingerprint density at radius 2 is 2.27 bits per heavy atom. The van der Waals surface area contributed by atoms with Crippen molar-refractivity contribution in [2.75, 3.05) is 12.4 Å². The Hall–Kier alpha value is -1.08. The summed E-state index contributed by atoms with van der Waals surface area (Å²) in [6.45, 7) is 2.67. The molecular weight excluding hydrogens is 300 g/mol. The highest BCUT2D eigenvalue weighted by Crippen LogP contribution is 2.39. The van der Waals surface area contributed by atoms with E-state index in [4.69, 9.17) is 4.74 Å². The predicted octanol–water partition coefficient (Wildman–Crippen LogP) is 2.07. The van der Waals surface area contributed by atoms with E-state index >= 15 is 0 Å². The number of thioether (sulfide) groups is 1. The lowest BCUT2D eigenvalue weighted by atomic mass is 9.82. The molecule has 1 atom stereocenters. The number of carbonyl (C=O) groups excluding carboxylic acids is 1. The van der Waals surface area contributed by atoms with Gasteiger partial charge in [-0.3, -0.25) is 9.89 Å². The van der Waals surface area contributed by atoms with Crippen molar-refractivity contribution in [1.82, 2.24) is 20.5 Å². The second-order valence-corrected chi connectivity index (χ2v) is 7.17. The first-order chi connectivity index (χ1) is 10.7. The van der Waals surface area contributed by atoms with Gasteiger partial charge in [0.15, 0.2) is 0 Å². The lowest BCUT2D eigenvalue weighted by Crippen LogP contribution is -2.38. The molecule has 122 valence electrons. The van der Waals surface area contributed by atoms with Crippen LogP contribution in [0.1, 0.15) is 51.3 Å². The number of amides is 1. The largest absolute Gasteiger partial charge is 0.373 e. The Morgan fingerprint density at radius 3 is 3.00 bits per heavy atom. The Kier molecular flexibility index (Phi) is 5.03. The van der Waals surface area contributed by atoms with Gasteiger partial charge in [-0.25, -0.2) is 4.98 Å². The van der Waals surface area contributed by atoms with Crippen LogP contribution in [0.4, 0.5) is 0 Å². The lowest BCUT2D eigenvalue weighted by molar-refractivity contribution is -0.119. The minimum atomic E-state index is 0.0364. The van der Waals surface area contributed by atoms with E-state index in [-0.39, 0.29) is 17.6 Å². The molecule has 1 spiro atoms. The van der Waals surface area contributed by atoms with Gasteiger partial charge in [0.05, 0.1) is 24.0 Å². The first-order valence-corrected chi connectivity index (χ1v) is 9.15. The molecule has 1 aromatic rings. The minimum Gasteiger partial charge on any atom is -0.373 e. The van der Waals surface area contributed by atoms with Crippen molar-refractivity contribution in [2.45, 2.75) is 68.7 Å². The zero-order valence-corrected chi connectivity index (χ0v) is 13.9. The van der Waals surface area contributed by atoms with E-state index in [1.807, 2.05) is 6.92 Å². The summed E-state index contributed by atoms with van der Waals surface area (Å²) >= 11 is 1.37. The van der Waals surface area contributed by atoms with Crippen molar-refractivity contribution in [1.29, 1.82) is 0 Å². The summed E-state index contributed by atoms with van der Waals surface area (Å²) in [6, 6.07) is 0.157. The second kappa shape index (κ2) is 7.00. The molecule has 1 aromatic heterocycles. The summed E-state index contributed by atoms with van der Waals surface area (Å²) in [6.07, 6.45) is 7.89. The molecule has 1 saturated carbocycles. The number of carbonyl (C=O) groups is 1. The second-order valence-electron chi connectivity index (χ2n) is 6.23. The number of H-pyrrole nitrogens is 1. The van der Waals surface area contributed by atoms with E-state index in [9.17, 15) is 4.79 Å². The molecule has 1 amide bonds. The van der Waals surface area contributed by atoms with Crippen LogP contribution in [0.2, 0.25) is 0 Å². The van der Waals surface area contributed by atoms with Crippen molar-refractivity contribution >= 4 is 17.7 Å². The van der Waals surface area contributed by atoms with Gasteiger partial charge in [0.2, 0.25) is 11.1 Å². The summed E-state index contributed by atoms with van der Waals surface area (Å²) in [5.41, 5.74) is 0.0448.